The SMILES string of the molecule is COc1cc(OC)cc([C@@H]2c3c(C)nn(C)c3NC(=O)[C@H]2NC(=O)c2ccccc2)c1. The third-order valence-electron chi connectivity index (χ3n) is 5.49. The van der Waals surface area contributed by atoms with E-state index in [4.69, 9.17) is 9.47 Å². The van der Waals surface area contributed by atoms with Gasteiger partial charge in [-0.3, -0.25) is 14.3 Å². The highest BCUT2D eigenvalue weighted by Gasteiger charge is 2.41. The van der Waals surface area contributed by atoms with Crippen LogP contribution in [0, 0.1) is 6.92 Å². The van der Waals surface area contributed by atoms with Gasteiger partial charge in [-0.15, -0.1) is 0 Å². The summed E-state index contributed by atoms with van der Waals surface area (Å²) >= 11 is 0. The molecule has 2 heterocycles. The van der Waals surface area contributed by atoms with Crippen LogP contribution in [0.2, 0.25) is 0 Å². The second-order valence-corrected chi connectivity index (χ2v) is 7.40. The number of hydrogen-bond acceptors (Lipinski definition) is 5. The highest BCUT2D eigenvalue weighted by Crippen LogP contribution is 2.41. The summed E-state index contributed by atoms with van der Waals surface area (Å²) in [6.07, 6.45) is 0. The summed E-state index contributed by atoms with van der Waals surface area (Å²) in [7, 11) is 4.92. The monoisotopic (exact) mass is 420 g/mol. The molecule has 2 amide bonds. The molecule has 0 fully saturated rings. The third-order valence-corrected chi connectivity index (χ3v) is 5.49. The van der Waals surface area contributed by atoms with Crippen LogP contribution >= 0.6 is 0 Å². The third kappa shape index (κ3) is 3.72. The Labute approximate surface area is 180 Å². The predicted molar refractivity (Wildman–Crippen MR) is 116 cm³/mol. The van der Waals surface area contributed by atoms with Crippen LogP contribution in [-0.4, -0.2) is 41.9 Å². The van der Waals surface area contributed by atoms with Crippen molar-refractivity contribution in [3.63, 3.8) is 0 Å². The van der Waals surface area contributed by atoms with Gasteiger partial charge in [-0.05, 0) is 36.8 Å². The van der Waals surface area contributed by atoms with Crippen molar-refractivity contribution in [2.24, 2.45) is 7.05 Å². The number of methoxy groups -OCH3 is 2. The fourth-order valence-corrected chi connectivity index (χ4v) is 4.04. The molecule has 0 spiro atoms. The molecule has 8 nitrogen and oxygen atoms in total. The number of rotatable bonds is 5. The number of fused-ring (bicyclic) bond motifs is 1. The summed E-state index contributed by atoms with van der Waals surface area (Å²) in [6, 6.07) is 13.4. The van der Waals surface area contributed by atoms with E-state index in [1.54, 1.807) is 56.3 Å². The minimum atomic E-state index is -0.847. The zero-order valence-corrected chi connectivity index (χ0v) is 17.8. The van der Waals surface area contributed by atoms with Gasteiger partial charge in [-0.25, -0.2) is 0 Å². The lowest BCUT2D eigenvalue weighted by molar-refractivity contribution is -0.118. The van der Waals surface area contributed by atoms with Crippen molar-refractivity contribution in [3.05, 3.63) is 70.9 Å². The first kappa shape index (κ1) is 20.5. The summed E-state index contributed by atoms with van der Waals surface area (Å²) in [5.74, 6) is 0.680. The van der Waals surface area contributed by atoms with E-state index < -0.39 is 12.0 Å². The van der Waals surface area contributed by atoms with Gasteiger partial charge in [-0.1, -0.05) is 18.2 Å². The first-order valence-electron chi connectivity index (χ1n) is 9.86. The number of amides is 2. The van der Waals surface area contributed by atoms with Crippen molar-refractivity contribution >= 4 is 17.6 Å². The average Bonchev–Trinajstić information content (AvgIpc) is 3.06. The number of benzene rings is 2. The van der Waals surface area contributed by atoms with Crippen LogP contribution in [0.5, 0.6) is 11.5 Å². The van der Waals surface area contributed by atoms with Crippen molar-refractivity contribution in [1.29, 1.82) is 0 Å². The normalized spacial score (nSPS) is 17.5. The maximum Gasteiger partial charge on any atom is 0.251 e. The van der Waals surface area contributed by atoms with Crippen LogP contribution in [-0.2, 0) is 11.8 Å². The molecule has 31 heavy (non-hydrogen) atoms. The first-order valence-corrected chi connectivity index (χ1v) is 9.86. The lowest BCUT2D eigenvalue weighted by Crippen LogP contribution is -2.50. The number of hydrogen-bond donors (Lipinski definition) is 2. The van der Waals surface area contributed by atoms with Crippen LogP contribution in [0.3, 0.4) is 0 Å². The molecule has 8 heteroatoms. The smallest absolute Gasteiger partial charge is 0.251 e. The number of carbonyl (C=O) groups is 2. The summed E-state index contributed by atoms with van der Waals surface area (Å²) in [6.45, 7) is 1.89. The van der Waals surface area contributed by atoms with Crippen LogP contribution < -0.4 is 20.1 Å². The van der Waals surface area contributed by atoms with E-state index in [1.807, 2.05) is 25.1 Å². The van der Waals surface area contributed by atoms with Gasteiger partial charge in [-0.2, -0.15) is 5.10 Å². The van der Waals surface area contributed by atoms with Gasteiger partial charge in [0.25, 0.3) is 5.91 Å². The Kier molecular flexibility index (Phi) is 5.37. The minimum Gasteiger partial charge on any atom is -0.497 e. The minimum absolute atomic E-state index is 0.313. The molecule has 0 unspecified atom stereocenters. The molecule has 0 radical (unpaired) electrons. The van der Waals surface area contributed by atoms with Gasteiger partial charge in [0, 0.05) is 30.2 Å². The molecule has 1 aliphatic rings. The fourth-order valence-electron chi connectivity index (χ4n) is 4.04. The maximum absolute atomic E-state index is 13.1. The van der Waals surface area contributed by atoms with Crippen molar-refractivity contribution in [1.82, 2.24) is 15.1 Å². The molecule has 2 N–H and O–H groups in total. The molecule has 0 saturated carbocycles. The molecule has 4 rings (SSSR count). The Morgan fingerprint density at radius 1 is 1.10 bits per heavy atom. The number of nitrogens with zero attached hydrogens (tertiary/aromatic N) is 2. The number of anilines is 1. The number of aromatic nitrogens is 2. The molecule has 0 bridgehead atoms. The molecule has 0 aliphatic carbocycles. The van der Waals surface area contributed by atoms with E-state index in [1.165, 1.54) is 0 Å². The van der Waals surface area contributed by atoms with Gasteiger partial charge in [0.05, 0.1) is 19.9 Å². The van der Waals surface area contributed by atoms with Gasteiger partial charge >= 0.3 is 0 Å². The molecule has 160 valence electrons. The molecule has 2 aromatic carbocycles. The standard InChI is InChI=1S/C23H24N4O4/c1-13-18-19(15-10-16(30-3)12-17(11-15)31-4)20(23(29)25-21(18)27(2)26-13)24-22(28)14-8-6-5-7-9-14/h5-12,19-20H,1-4H3,(H,24,28)(H,25,29)/t19-,20+/m1/s1. The van der Waals surface area contributed by atoms with E-state index >= 15 is 0 Å². The van der Waals surface area contributed by atoms with Crippen LogP contribution in [0.25, 0.3) is 0 Å². The summed E-state index contributed by atoms with van der Waals surface area (Å²) < 4.78 is 12.5. The number of aryl methyl sites for hydroxylation is 2. The van der Waals surface area contributed by atoms with Gasteiger partial charge in [0.2, 0.25) is 5.91 Å². The van der Waals surface area contributed by atoms with Crippen molar-refractivity contribution in [2.75, 3.05) is 19.5 Å². The Morgan fingerprint density at radius 2 is 1.74 bits per heavy atom. The van der Waals surface area contributed by atoms with Crippen LogP contribution in [0.15, 0.2) is 48.5 Å². The Balaban J connectivity index is 1.84. The van der Waals surface area contributed by atoms with E-state index in [9.17, 15) is 9.59 Å². The number of ether oxygens (including phenoxy) is 2. The zero-order valence-electron chi connectivity index (χ0n) is 17.8. The van der Waals surface area contributed by atoms with Gasteiger partial charge in [0.15, 0.2) is 0 Å². The second kappa shape index (κ2) is 8.14. The van der Waals surface area contributed by atoms with Crippen molar-refractivity contribution in [2.45, 2.75) is 18.9 Å². The van der Waals surface area contributed by atoms with Crippen LogP contribution in [0.4, 0.5) is 5.82 Å². The average molecular weight is 420 g/mol. The molecule has 2 atom stereocenters. The van der Waals surface area contributed by atoms with Crippen LogP contribution in [0.1, 0.15) is 33.1 Å². The fraction of sp³-hybridized carbons (Fsp3) is 0.261. The summed E-state index contributed by atoms with van der Waals surface area (Å²) in [5.41, 5.74) is 2.87. The largest absolute Gasteiger partial charge is 0.497 e. The molecule has 1 aromatic heterocycles. The van der Waals surface area contributed by atoms with Gasteiger partial charge in [0.1, 0.15) is 23.4 Å². The molecular weight excluding hydrogens is 396 g/mol. The van der Waals surface area contributed by atoms with Crippen molar-refractivity contribution in [3.8, 4) is 11.5 Å². The predicted octanol–water partition coefficient (Wildman–Crippen LogP) is 2.63. The van der Waals surface area contributed by atoms with E-state index in [2.05, 4.69) is 15.7 Å². The van der Waals surface area contributed by atoms with Crippen molar-refractivity contribution < 1.29 is 19.1 Å². The van der Waals surface area contributed by atoms with Gasteiger partial charge < -0.3 is 20.1 Å². The maximum atomic E-state index is 13.1. The lowest BCUT2D eigenvalue weighted by Gasteiger charge is -2.33. The molecule has 1 aliphatic heterocycles. The Morgan fingerprint density at radius 3 is 2.35 bits per heavy atom. The number of carbonyl (C=O) groups excluding carboxylic acids is 2. The van der Waals surface area contributed by atoms with E-state index in [-0.39, 0.29) is 11.8 Å². The second-order valence-electron chi connectivity index (χ2n) is 7.40. The summed E-state index contributed by atoms with van der Waals surface area (Å²) in [5, 5.41) is 10.3. The molecule has 0 saturated heterocycles. The molecular formula is C23H24N4O4. The first-order chi connectivity index (χ1) is 14.9. The molecule has 3 aromatic rings. The van der Waals surface area contributed by atoms with E-state index in [0.29, 0.717) is 22.9 Å². The Bertz CT molecular complexity index is 1120. The number of nitrogens with one attached hydrogen (secondary N) is 2. The highest BCUT2D eigenvalue weighted by atomic mass is 16.5. The Hall–Kier alpha value is -3.81. The highest BCUT2D eigenvalue weighted by molar-refractivity contribution is 6.03. The topological polar surface area (TPSA) is 94.5 Å². The zero-order chi connectivity index (χ0) is 22.1. The van der Waals surface area contributed by atoms with E-state index in [0.717, 1.165) is 16.8 Å². The summed E-state index contributed by atoms with van der Waals surface area (Å²) in [4.78, 5) is 26.1. The quantitative estimate of drug-likeness (QED) is 0.662. The lowest BCUT2D eigenvalue weighted by atomic mass is 9.81.